The average molecular weight is 308 g/mol. The van der Waals surface area contributed by atoms with Crippen molar-refractivity contribution in [1.29, 1.82) is 0 Å². The molecule has 0 aliphatic heterocycles. The number of halogens is 1. The van der Waals surface area contributed by atoms with Gasteiger partial charge in [0.1, 0.15) is 0 Å². The summed E-state index contributed by atoms with van der Waals surface area (Å²) in [5.41, 5.74) is 2.33. The number of hydrogen-bond acceptors (Lipinski definition) is 2. The van der Waals surface area contributed by atoms with Crippen molar-refractivity contribution >= 4 is 21.6 Å². The van der Waals surface area contributed by atoms with Crippen LogP contribution in [-0.2, 0) is 12.1 Å². The lowest BCUT2D eigenvalue weighted by atomic mass is 10.1. The van der Waals surface area contributed by atoms with Crippen LogP contribution in [0.25, 0.3) is 0 Å². The molecule has 0 saturated carbocycles. The van der Waals surface area contributed by atoms with Crippen LogP contribution in [0.4, 0.5) is 5.69 Å². The first-order valence-corrected chi connectivity index (χ1v) is 6.78. The SMILES string of the molecule is CC(C)(C)n1cc(CNc2cccc(Br)c2)cn1. The Morgan fingerprint density at radius 2 is 2.11 bits per heavy atom. The van der Waals surface area contributed by atoms with Gasteiger partial charge in [0.2, 0.25) is 0 Å². The van der Waals surface area contributed by atoms with Crippen LogP contribution in [0.3, 0.4) is 0 Å². The summed E-state index contributed by atoms with van der Waals surface area (Å²) in [7, 11) is 0. The molecule has 0 unspecified atom stereocenters. The van der Waals surface area contributed by atoms with Crippen molar-refractivity contribution in [3.05, 3.63) is 46.7 Å². The monoisotopic (exact) mass is 307 g/mol. The third kappa shape index (κ3) is 3.35. The van der Waals surface area contributed by atoms with Crippen LogP contribution in [0.5, 0.6) is 0 Å². The summed E-state index contributed by atoms with van der Waals surface area (Å²) in [5, 5.41) is 7.77. The Labute approximate surface area is 116 Å². The molecule has 0 amide bonds. The molecule has 0 atom stereocenters. The summed E-state index contributed by atoms with van der Waals surface area (Å²) in [5.74, 6) is 0. The number of nitrogens with one attached hydrogen (secondary N) is 1. The lowest BCUT2D eigenvalue weighted by molar-refractivity contribution is 0.355. The largest absolute Gasteiger partial charge is 0.381 e. The molecule has 96 valence electrons. The van der Waals surface area contributed by atoms with Crippen LogP contribution in [0.1, 0.15) is 26.3 Å². The van der Waals surface area contributed by atoms with E-state index in [0.717, 1.165) is 16.7 Å². The first kappa shape index (κ1) is 13.1. The van der Waals surface area contributed by atoms with E-state index in [9.17, 15) is 0 Å². The summed E-state index contributed by atoms with van der Waals surface area (Å²) in [6.07, 6.45) is 4.00. The summed E-state index contributed by atoms with van der Waals surface area (Å²) in [6.45, 7) is 7.22. The molecule has 4 heteroatoms. The molecule has 1 N–H and O–H groups in total. The molecule has 1 aromatic heterocycles. The number of rotatable bonds is 3. The van der Waals surface area contributed by atoms with Gasteiger partial charge in [-0.15, -0.1) is 0 Å². The van der Waals surface area contributed by atoms with Gasteiger partial charge in [-0.2, -0.15) is 5.10 Å². The molecule has 0 saturated heterocycles. The predicted octanol–water partition coefficient (Wildman–Crippen LogP) is 4.01. The van der Waals surface area contributed by atoms with E-state index < -0.39 is 0 Å². The van der Waals surface area contributed by atoms with Crippen LogP contribution < -0.4 is 5.32 Å². The van der Waals surface area contributed by atoms with Gasteiger partial charge < -0.3 is 5.32 Å². The van der Waals surface area contributed by atoms with E-state index in [-0.39, 0.29) is 5.54 Å². The molecule has 2 rings (SSSR count). The number of anilines is 1. The van der Waals surface area contributed by atoms with Gasteiger partial charge in [-0.3, -0.25) is 4.68 Å². The zero-order chi connectivity index (χ0) is 13.2. The Bertz CT molecular complexity index is 526. The Morgan fingerprint density at radius 1 is 1.33 bits per heavy atom. The van der Waals surface area contributed by atoms with E-state index in [4.69, 9.17) is 0 Å². The van der Waals surface area contributed by atoms with E-state index in [2.05, 4.69) is 65.4 Å². The summed E-state index contributed by atoms with van der Waals surface area (Å²) in [4.78, 5) is 0. The molecule has 3 nitrogen and oxygen atoms in total. The fraction of sp³-hybridized carbons (Fsp3) is 0.357. The smallest absolute Gasteiger partial charge is 0.0543 e. The van der Waals surface area contributed by atoms with Crippen LogP contribution >= 0.6 is 15.9 Å². The highest BCUT2D eigenvalue weighted by Crippen LogP contribution is 2.17. The van der Waals surface area contributed by atoms with Gasteiger partial charge >= 0.3 is 0 Å². The molecule has 0 aliphatic carbocycles. The molecular weight excluding hydrogens is 290 g/mol. The zero-order valence-corrected chi connectivity index (χ0v) is 12.5. The van der Waals surface area contributed by atoms with Crippen molar-refractivity contribution in [2.24, 2.45) is 0 Å². The Balaban J connectivity index is 2.01. The van der Waals surface area contributed by atoms with Crippen molar-refractivity contribution in [3.63, 3.8) is 0 Å². The van der Waals surface area contributed by atoms with Gasteiger partial charge in [0.15, 0.2) is 0 Å². The maximum Gasteiger partial charge on any atom is 0.0543 e. The normalized spacial score (nSPS) is 11.6. The second kappa shape index (κ2) is 5.14. The fourth-order valence-corrected chi connectivity index (χ4v) is 2.02. The van der Waals surface area contributed by atoms with Gasteiger partial charge in [-0.25, -0.2) is 0 Å². The third-order valence-electron chi connectivity index (χ3n) is 2.64. The molecule has 0 aliphatic rings. The molecule has 1 heterocycles. The molecule has 0 bridgehead atoms. The highest BCUT2D eigenvalue weighted by atomic mass is 79.9. The lowest BCUT2D eigenvalue weighted by Crippen LogP contribution is -2.21. The highest BCUT2D eigenvalue weighted by Gasteiger charge is 2.13. The van der Waals surface area contributed by atoms with Crippen molar-refractivity contribution in [3.8, 4) is 0 Å². The van der Waals surface area contributed by atoms with E-state index >= 15 is 0 Å². The van der Waals surface area contributed by atoms with Crippen LogP contribution in [0.2, 0.25) is 0 Å². The van der Waals surface area contributed by atoms with E-state index in [1.165, 1.54) is 5.56 Å². The second-order valence-corrected chi connectivity index (χ2v) is 6.24. The average Bonchev–Trinajstić information content (AvgIpc) is 2.74. The van der Waals surface area contributed by atoms with Gasteiger partial charge in [-0.1, -0.05) is 22.0 Å². The summed E-state index contributed by atoms with van der Waals surface area (Å²) >= 11 is 3.46. The van der Waals surface area contributed by atoms with E-state index in [1.54, 1.807) is 0 Å². The van der Waals surface area contributed by atoms with Crippen LogP contribution in [0.15, 0.2) is 41.1 Å². The molecule has 1 aromatic carbocycles. The molecule has 18 heavy (non-hydrogen) atoms. The van der Waals surface area contributed by atoms with Crippen molar-refractivity contribution < 1.29 is 0 Å². The highest BCUT2D eigenvalue weighted by molar-refractivity contribution is 9.10. The predicted molar refractivity (Wildman–Crippen MR) is 78.7 cm³/mol. The maximum absolute atomic E-state index is 4.38. The molecule has 0 radical (unpaired) electrons. The molecule has 0 fully saturated rings. The van der Waals surface area contributed by atoms with Crippen LogP contribution in [-0.4, -0.2) is 9.78 Å². The number of aromatic nitrogens is 2. The Kier molecular flexibility index (Phi) is 3.76. The van der Waals surface area contributed by atoms with E-state index in [1.807, 2.05) is 23.0 Å². The van der Waals surface area contributed by atoms with E-state index in [0.29, 0.717) is 0 Å². The van der Waals surface area contributed by atoms with Gasteiger partial charge in [0, 0.05) is 28.5 Å². The van der Waals surface area contributed by atoms with Crippen molar-refractivity contribution in [2.75, 3.05) is 5.32 Å². The summed E-state index contributed by atoms with van der Waals surface area (Å²) < 4.78 is 3.07. The number of hydrogen-bond donors (Lipinski definition) is 1. The molecular formula is C14H18BrN3. The first-order valence-electron chi connectivity index (χ1n) is 5.98. The van der Waals surface area contributed by atoms with Gasteiger partial charge in [0.05, 0.1) is 11.7 Å². The standard InChI is InChI=1S/C14H18BrN3/c1-14(2,3)18-10-11(9-17-18)8-16-13-6-4-5-12(15)7-13/h4-7,9-10,16H,8H2,1-3H3. The van der Waals surface area contributed by atoms with Gasteiger partial charge in [-0.05, 0) is 39.0 Å². The topological polar surface area (TPSA) is 29.9 Å². The minimum absolute atomic E-state index is 0.0357. The molecule has 2 aromatic rings. The first-order chi connectivity index (χ1) is 8.45. The number of benzene rings is 1. The minimum atomic E-state index is 0.0357. The zero-order valence-electron chi connectivity index (χ0n) is 10.9. The Hall–Kier alpha value is -1.29. The lowest BCUT2D eigenvalue weighted by Gasteiger charge is -2.18. The summed E-state index contributed by atoms with van der Waals surface area (Å²) in [6, 6.07) is 8.15. The second-order valence-electron chi connectivity index (χ2n) is 5.33. The van der Waals surface area contributed by atoms with Crippen molar-refractivity contribution in [2.45, 2.75) is 32.9 Å². The minimum Gasteiger partial charge on any atom is -0.381 e. The van der Waals surface area contributed by atoms with Gasteiger partial charge in [0.25, 0.3) is 0 Å². The maximum atomic E-state index is 4.38. The quantitative estimate of drug-likeness (QED) is 0.928. The Morgan fingerprint density at radius 3 is 2.72 bits per heavy atom. The number of nitrogens with zero attached hydrogens (tertiary/aromatic N) is 2. The third-order valence-corrected chi connectivity index (χ3v) is 3.14. The van der Waals surface area contributed by atoms with Crippen LogP contribution in [0, 0.1) is 0 Å². The molecule has 0 spiro atoms. The fourth-order valence-electron chi connectivity index (χ4n) is 1.62. The van der Waals surface area contributed by atoms with Crippen molar-refractivity contribution in [1.82, 2.24) is 9.78 Å².